The molecule has 312 valence electrons. The Labute approximate surface area is 336 Å². The molecule has 0 bridgehead atoms. The van der Waals surface area contributed by atoms with Crippen molar-refractivity contribution in [1.82, 2.24) is 0 Å². The summed E-state index contributed by atoms with van der Waals surface area (Å²) in [5.41, 5.74) is 0. The molecular weight excluding hydrogens is 745 g/mol. The summed E-state index contributed by atoms with van der Waals surface area (Å²) >= 11 is 1.72. The quantitative estimate of drug-likeness (QED) is 0.114. The molecule has 54 heavy (non-hydrogen) atoms. The zero-order valence-electron chi connectivity index (χ0n) is 28.5. The minimum Gasteiger partial charge on any atom is -0.380 e. The number of Topliss-reactive ketones (excluding diaryl/α,β-unsaturated/α-hetero) is 3. The van der Waals surface area contributed by atoms with Crippen molar-refractivity contribution >= 4 is 49.7 Å². The summed E-state index contributed by atoms with van der Waals surface area (Å²) in [7, 11) is 0.0988. The average molecular weight is 817 g/mol. The van der Waals surface area contributed by atoms with E-state index in [0.717, 1.165) is 10.6 Å². The van der Waals surface area contributed by atoms with Gasteiger partial charge in [0.05, 0.1) is 45.5 Å². The predicted octanol–water partition coefficient (Wildman–Crippen LogP) is 9.83. The topological polar surface area (TPSA) is 130 Å². The first-order valence-electron chi connectivity index (χ1n) is 15.3. The molecule has 12 heteroatoms. The molecule has 0 heterocycles. The zero-order chi connectivity index (χ0) is 36.0. The molecule has 9 nitrogen and oxygen atoms in total. The fourth-order valence-corrected chi connectivity index (χ4v) is 7.84. The van der Waals surface area contributed by atoms with Crippen molar-refractivity contribution in [1.29, 1.82) is 0 Å². The molecule has 0 radical (unpaired) electrons. The molecular formula is C42H72O9S3. The van der Waals surface area contributed by atoms with Crippen molar-refractivity contribution in [3.8, 4) is 0 Å². The van der Waals surface area contributed by atoms with Crippen LogP contribution in [0.3, 0.4) is 0 Å². The molecule has 0 saturated carbocycles. The summed E-state index contributed by atoms with van der Waals surface area (Å²) in [6.07, 6.45) is 0.0949. The lowest BCUT2D eigenvalue weighted by atomic mass is 10.2. The highest BCUT2D eigenvalue weighted by atomic mass is 32.2. The Morgan fingerprint density at radius 1 is 0.593 bits per heavy atom. The van der Waals surface area contributed by atoms with Gasteiger partial charge in [0.25, 0.3) is 0 Å². The van der Waals surface area contributed by atoms with Crippen LogP contribution < -0.4 is 0 Å². The third kappa shape index (κ3) is 28.4. The smallest absolute Gasteiger partial charge is 0.180 e. The Morgan fingerprint density at radius 3 is 1.37 bits per heavy atom. The van der Waals surface area contributed by atoms with Gasteiger partial charge in [-0.1, -0.05) is 99.2 Å². The summed E-state index contributed by atoms with van der Waals surface area (Å²) in [6, 6.07) is 27.5. The molecule has 0 amide bonds. The SMILES string of the molecule is C.C.C.C.C.C.COC(CC(C)=O)CS(=O)(=O)c1ccccc1.COC(CC(C)=O)CS(=O)c1ccccc1.COC(CSc1ccccc1)CC(C)=O. The van der Waals surface area contributed by atoms with E-state index in [2.05, 4.69) is 12.1 Å². The first-order valence-corrected chi connectivity index (χ1v) is 19.2. The van der Waals surface area contributed by atoms with E-state index in [-0.39, 0.29) is 91.2 Å². The van der Waals surface area contributed by atoms with Crippen molar-refractivity contribution in [3.63, 3.8) is 0 Å². The molecule has 0 aliphatic rings. The lowest BCUT2D eigenvalue weighted by Gasteiger charge is -2.13. The molecule has 0 aliphatic carbocycles. The summed E-state index contributed by atoms with van der Waals surface area (Å²) < 4.78 is 51.3. The molecule has 3 aromatic rings. The fourth-order valence-electron chi connectivity index (χ4n) is 4.10. The van der Waals surface area contributed by atoms with E-state index in [1.54, 1.807) is 44.0 Å². The molecule has 3 rings (SSSR count). The number of thioether (sulfide) groups is 1. The van der Waals surface area contributed by atoms with Crippen LogP contribution in [0.2, 0.25) is 0 Å². The molecule has 4 unspecified atom stereocenters. The normalized spacial score (nSPS) is 11.9. The number of ether oxygens (including phenoxy) is 3. The monoisotopic (exact) mass is 816 g/mol. The van der Waals surface area contributed by atoms with Crippen molar-refractivity contribution < 1.29 is 41.2 Å². The second-order valence-electron chi connectivity index (χ2n) is 10.8. The van der Waals surface area contributed by atoms with Crippen LogP contribution in [-0.2, 0) is 49.2 Å². The van der Waals surface area contributed by atoms with Crippen LogP contribution in [0, 0.1) is 0 Å². The fraction of sp³-hybridized carbons (Fsp3) is 0.500. The zero-order valence-corrected chi connectivity index (χ0v) is 31.0. The van der Waals surface area contributed by atoms with Gasteiger partial charge in [-0.3, -0.25) is 18.6 Å². The maximum absolute atomic E-state index is 12.0. The van der Waals surface area contributed by atoms with Gasteiger partial charge in [0, 0.05) is 56.1 Å². The van der Waals surface area contributed by atoms with Gasteiger partial charge in [0.2, 0.25) is 0 Å². The Hall–Kier alpha value is -3.00. The Bertz CT molecular complexity index is 1490. The van der Waals surface area contributed by atoms with Gasteiger partial charge in [-0.2, -0.15) is 0 Å². The molecule has 0 N–H and O–H groups in total. The molecule has 0 saturated heterocycles. The number of ketones is 3. The number of benzene rings is 3. The molecule has 0 spiro atoms. The van der Waals surface area contributed by atoms with E-state index in [0.29, 0.717) is 18.6 Å². The second-order valence-corrected chi connectivity index (χ2v) is 15.5. The minimum atomic E-state index is -3.39. The van der Waals surface area contributed by atoms with Crippen LogP contribution in [0.1, 0.15) is 84.6 Å². The molecule has 0 aliphatic heterocycles. The molecule has 4 atom stereocenters. The summed E-state index contributed by atoms with van der Waals surface area (Å²) in [4.78, 5) is 35.1. The number of rotatable bonds is 18. The Morgan fingerprint density at radius 2 is 0.963 bits per heavy atom. The van der Waals surface area contributed by atoms with Gasteiger partial charge in [-0.25, -0.2) is 8.42 Å². The molecule has 3 aromatic carbocycles. The van der Waals surface area contributed by atoms with Crippen LogP contribution >= 0.6 is 11.8 Å². The van der Waals surface area contributed by atoms with Crippen LogP contribution in [0.25, 0.3) is 0 Å². The summed E-state index contributed by atoms with van der Waals surface area (Å²) in [6.45, 7) is 4.53. The number of hydrogen-bond acceptors (Lipinski definition) is 10. The molecule has 0 fully saturated rings. The van der Waals surface area contributed by atoms with Crippen molar-refractivity contribution in [3.05, 3.63) is 91.0 Å². The number of hydrogen-bond donors (Lipinski definition) is 0. The number of carbonyl (C=O) groups excluding carboxylic acids is 3. The van der Waals surface area contributed by atoms with Gasteiger partial charge < -0.3 is 14.2 Å². The molecule has 0 aromatic heterocycles. The number of carbonyl (C=O) groups is 3. The van der Waals surface area contributed by atoms with Crippen LogP contribution in [-0.4, -0.2) is 86.9 Å². The van der Waals surface area contributed by atoms with E-state index in [9.17, 15) is 27.0 Å². The van der Waals surface area contributed by atoms with E-state index in [1.165, 1.54) is 45.1 Å². The van der Waals surface area contributed by atoms with Crippen LogP contribution in [0.15, 0.2) is 106 Å². The largest absolute Gasteiger partial charge is 0.380 e. The predicted molar refractivity (Wildman–Crippen MR) is 232 cm³/mol. The highest BCUT2D eigenvalue weighted by Gasteiger charge is 2.22. The first kappa shape index (κ1) is 63.0. The van der Waals surface area contributed by atoms with Crippen LogP contribution in [0.5, 0.6) is 0 Å². The van der Waals surface area contributed by atoms with E-state index in [4.69, 9.17) is 14.2 Å². The van der Waals surface area contributed by atoms with Crippen molar-refractivity contribution in [2.45, 2.75) is 118 Å². The highest BCUT2D eigenvalue weighted by Crippen LogP contribution is 2.20. The van der Waals surface area contributed by atoms with Gasteiger partial charge in [-0.05, 0) is 57.2 Å². The third-order valence-corrected chi connectivity index (χ3v) is 11.0. The van der Waals surface area contributed by atoms with Crippen molar-refractivity contribution in [2.75, 3.05) is 38.6 Å². The van der Waals surface area contributed by atoms with Gasteiger partial charge in [0.1, 0.15) is 17.3 Å². The van der Waals surface area contributed by atoms with Gasteiger partial charge in [0.15, 0.2) is 9.84 Å². The van der Waals surface area contributed by atoms with E-state index >= 15 is 0 Å². The lowest BCUT2D eigenvalue weighted by Crippen LogP contribution is -2.25. The number of methoxy groups -OCH3 is 3. The summed E-state index contributed by atoms with van der Waals surface area (Å²) in [5.74, 6) is 1.15. The average Bonchev–Trinajstić information content (AvgIpc) is 3.07. The minimum absolute atomic E-state index is 0. The maximum atomic E-state index is 12.0. The van der Waals surface area contributed by atoms with Crippen LogP contribution in [0.4, 0.5) is 0 Å². The summed E-state index contributed by atoms with van der Waals surface area (Å²) in [5, 5.41) is 0. The lowest BCUT2D eigenvalue weighted by molar-refractivity contribution is -0.119. The van der Waals surface area contributed by atoms with E-state index in [1.807, 2.05) is 48.5 Å². The Balaban J connectivity index is -0.000000152. The van der Waals surface area contributed by atoms with Crippen molar-refractivity contribution in [2.24, 2.45) is 0 Å². The van der Waals surface area contributed by atoms with Gasteiger partial charge >= 0.3 is 0 Å². The maximum Gasteiger partial charge on any atom is 0.180 e. The number of sulfone groups is 1. The second kappa shape index (κ2) is 35.7. The third-order valence-electron chi connectivity index (χ3n) is 6.58. The van der Waals surface area contributed by atoms with Gasteiger partial charge in [-0.15, -0.1) is 11.8 Å². The highest BCUT2D eigenvalue weighted by molar-refractivity contribution is 7.99. The first-order chi connectivity index (χ1) is 22.8. The Kier molecular flexibility index (Phi) is 41.6. The standard InChI is InChI=1S/C12H16O4S.C12H16O3S.C12H16O2S.6CH4/c1-10(13)8-11(16-2)9-17(14,15)12-6-4-3-5-7-12;1-10(13)8-11(15-2)9-16(14)12-6-4-3-5-7-12;1-10(13)8-11(14-2)9-15-12-6-4-3-5-7-12;;;;;;/h3-7,11H,8-9H2,1-2H3;3-7,11H,8-9H2,1-2H3;3-7,11H,8-9H2,1-2H3;6*1H4. The van der Waals surface area contributed by atoms with E-state index < -0.39 is 26.7 Å².